The fourth-order valence-corrected chi connectivity index (χ4v) is 2.49. The van der Waals surface area contributed by atoms with Gasteiger partial charge in [-0.1, -0.05) is 6.07 Å². The van der Waals surface area contributed by atoms with Crippen LogP contribution in [0.2, 0.25) is 0 Å². The molecule has 1 N–H and O–H groups in total. The quantitative estimate of drug-likeness (QED) is 0.895. The molecule has 1 amide bonds. The van der Waals surface area contributed by atoms with Crippen molar-refractivity contribution >= 4 is 11.7 Å². The van der Waals surface area contributed by atoms with Crippen molar-refractivity contribution in [3.63, 3.8) is 0 Å². The van der Waals surface area contributed by atoms with Crippen LogP contribution in [0, 0.1) is 0 Å². The Balaban J connectivity index is 1.53. The Bertz CT molecular complexity index is 535. The van der Waals surface area contributed by atoms with Crippen molar-refractivity contribution in [2.24, 2.45) is 0 Å². The number of hydrogen-bond acceptors (Lipinski definition) is 3. The van der Waals surface area contributed by atoms with Crippen LogP contribution in [0.25, 0.3) is 0 Å². The number of aryl methyl sites for hydroxylation is 1. The second-order valence-electron chi connectivity index (χ2n) is 5.54. The van der Waals surface area contributed by atoms with E-state index in [1.54, 1.807) is 0 Å². The Kier molecular flexibility index (Phi) is 3.72. The first-order chi connectivity index (χ1) is 9.72. The number of amides is 1. The predicted octanol–water partition coefficient (Wildman–Crippen LogP) is 2.25. The summed E-state index contributed by atoms with van der Waals surface area (Å²) in [6, 6.07) is 6.06. The minimum atomic E-state index is 0.0431. The zero-order valence-corrected chi connectivity index (χ0v) is 11.5. The first-order valence-electron chi connectivity index (χ1n) is 7.30. The van der Waals surface area contributed by atoms with Gasteiger partial charge in [0.2, 0.25) is 5.91 Å². The third-order valence-electron chi connectivity index (χ3n) is 3.77. The number of nitrogens with one attached hydrogen (secondary N) is 1. The van der Waals surface area contributed by atoms with E-state index in [2.05, 4.69) is 5.32 Å². The van der Waals surface area contributed by atoms with Crippen molar-refractivity contribution in [3.05, 3.63) is 29.3 Å². The molecule has 2 aliphatic carbocycles. The number of carbonyl (C=O) groups is 2. The van der Waals surface area contributed by atoms with E-state index in [0.717, 1.165) is 36.8 Å². The van der Waals surface area contributed by atoms with Gasteiger partial charge in [-0.3, -0.25) is 9.59 Å². The fraction of sp³-hybridized carbons (Fsp3) is 0.500. The molecule has 0 bridgehead atoms. The number of rotatable bonds is 5. The van der Waals surface area contributed by atoms with Gasteiger partial charge in [-0.05, 0) is 43.4 Å². The van der Waals surface area contributed by atoms with E-state index in [0.29, 0.717) is 31.2 Å². The number of fused-ring (bicyclic) bond motifs is 1. The SMILES string of the molecule is O=C(CCOc1ccc2c(c1)C(=O)CCC2)NC1CC1. The lowest BCUT2D eigenvalue weighted by Crippen LogP contribution is -2.26. The molecule has 3 rings (SSSR count). The summed E-state index contributed by atoms with van der Waals surface area (Å²) in [4.78, 5) is 23.4. The van der Waals surface area contributed by atoms with Crippen molar-refractivity contribution < 1.29 is 14.3 Å². The molecule has 0 aliphatic heterocycles. The highest BCUT2D eigenvalue weighted by Gasteiger charge is 2.23. The molecule has 0 radical (unpaired) electrons. The second kappa shape index (κ2) is 5.65. The molecular formula is C16H19NO3. The van der Waals surface area contributed by atoms with Crippen LogP contribution in [0.5, 0.6) is 5.75 Å². The molecule has 4 heteroatoms. The molecule has 1 saturated carbocycles. The van der Waals surface area contributed by atoms with Gasteiger partial charge in [0.05, 0.1) is 13.0 Å². The van der Waals surface area contributed by atoms with Crippen LogP contribution in [-0.4, -0.2) is 24.3 Å². The lowest BCUT2D eigenvalue weighted by molar-refractivity contribution is -0.121. The second-order valence-corrected chi connectivity index (χ2v) is 5.54. The molecule has 0 heterocycles. The Morgan fingerprint density at radius 1 is 1.30 bits per heavy atom. The topological polar surface area (TPSA) is 55.4 Å². The molecule has 1 aromatic rings. The van der Waals surface area contributed by atoms with Crippen molar-refractivity contribution in [2.75, 3.05) is 6.61 Å². The highest BCUT2D eigenvalue weighted by Crippen LogP contribution is 2.25. The van der Waals surface area contributed by atoms with Gasteiger partial charge in [0, 0.05) is 18.0 Å². The molecule has 0 aromatic heterocycles. The van der Waals surface area contributed by atoms with Crippen molar-refractivity contribution in [2.45, 2.75) is 44.6 Å². The van der Waals surface area contributed by atoms with Crippen LogP contribution in [-0.2, 0) is 11.2 Å². The number of carbonyl (C=O) groups excluding carboxylic acids is 2. The molecule has 0 unspecified atom stereocenters. The molecular weight excluding hydrogens is 254 g/mol. The third kappa shape index (κ3) is 3.18. The van der Waals surface area contributed by atoms with E-state index in [4.69, 9.17) is 4.74 Å². The van der Waals surface area contributed by atoms with Gasteiger partial charge in [-0.25, -0.2) is 0 Å². The number of hydrogen-bond donors (Lipinski definition) is 1. The normalized spacial score (nSPS) is 17.5. The zero-order chi connectivity index (χ0) is 13.9. The van der Waals surface area contributed by atoms with E-state index in [-0.39, 0.29) is 11.7 Å². The molecule has 106 valence electrons. The van der Waals surface area contributed by atoms with Gasteiger partial charge in [0.15, 0.2) is 5.78 Å². The Hall–Kier alpha value is -1.84. The van der Waals surface area contributed by atoms with E-state index in [9.17, 15) is 9.59 Å². The lowest BCUT2D eigenvalue weighted by Gasteiger charge is -2.15. The van der Waals surface area contributed by atoms with Gasteiger partial charge in [0.25, 0.3) is 0 Å². The van der Waals surface area contributed by atoms with Crippen molar-refractivity contribution in [1.82, 2.24) is 5.32 Å². The summed E-state index contributed by atoms with van der Waals surface area (Å²) in [7, 11) is 0. The van der Waals surface area contributed by atoms with Gasteiger partial charge < -0.3 is 10.1 Å². The minimum absolute atomic E-state index is 0.0431. The first-order valence-corrected chi connectivity index (χ1v) is 7.30. The third-order valence-corrected chi connectivity index (χ3v) is 3.77. The Morgan fingerprint density at radius 2 is 2.15 bits per heavy atom. The summed E-state index contributed by atoms with van der Waals surface area (Å²) in [6.07, 6.45) is 5.08. The number of ether oxygens (including phenoxy) is 1. The number of ketones is 1. The molecule has 0 atom stereocenters. The van der Waals surface area contributed by atoms with Gasteiger partial charge >= 0.3 is 0 Å². The molecule has 2 aliphatic rings. The zero-order valence-electron chi connectivity index (χ0n) is 11.5. The Labute approximate surface area is 118 Å². The van der Waals surface area contributed by atoms with Crippen LogP contribution in [0.15, 0.2) is 18.2 Å². The highest BCUT2D eigenvalue weighted by molar-refractivity contribution is 5.98. The molecule has 1 fully saturated rings. The number of Topliss-reactive ketones (excluding diaryl/α,β-unsaturated/α-hetero) is 1. The maximum atomic E-state index is 11.8. The van der Waals surface area contributed by atoms with Crippen molar-refractivity contribution in [3.8, 4) is 5.75 Å². The molecule has 0 spiro atoms. The summed E-state index contributed by atoms with van der Waals surface area (Å²) in [5.74, 6) is 0.919. The summed E-state index contributed by atoms with van der Waals surface area (Å²) in [5, 5.41) is 2.92. The average Bonchev–Trinajstić information content (AvgIpc) is 3.23. The van der Waals surface area contributed by atoms with E-state index < -0.39 is 0 Å². The predicted molar refractivity (Wildman–Crippen MR) is 75.0 cm³/mol. The summed E-state index contributed by atoms with van der Waals surface area (Å²) in [6.45, 7) is 0.353. The van der Waals surface area contributed by atoms with Gasteiger partial charge in [0.1, 0.15) is 5.75 Å². The lowest BCUT2D eigenvalue weighted by atomic mass is 9.90. The molecule has 20 heavy (non-hydrogen) atoms. The van der Waals surface area contributed by atoms with Gasteiger partial charge in [-0.15, -0.1) is 0 Å². The van der Waals surface area contributed by atoms with Crippen LogP contribution >= 0.6 is 0 Å². The standard InChI is InChI=1S/C16H19NO3/c18-15-3-1-2-11-4-7-13(10-14(11)15)20-9-8-16(19)17-12-5-6-12/h4,7,10,12H,1-3,5-6,8-9H2,(H,17,19). The van der Waals surface area contributed by atoms with Crippen LogP contribution < -0.4 is 10.1 Å². The Morgan fingerprint density at radius 3 is 2.95 bits per heavy atom. The van der Waals surface area contributed by atoms with Crippen LogP contribution in [0.3, 0.4) is 0 Å². The molecule has 0 saturated heterocycles. The highest BCUT2D eigenvalue weighted by atomic mass is 16.5. The minimum Gasteiger partial charge on any atom is -0.493 e. The summed E-state index contributed by atoms with van der Waals surface area (Å²) >= 11 is 0. The van der Waals surface area contributed by atoms with Crippen molar-refractivity contribution in [1.29, 1.82) is 0 Å². The fourth-order valence-electron chi connectivity index (χ4n) is 2.49. The molecule has 4 nitrogen and oxygen atoms in total. The maximum Gasteiger partial charge on any atom is 0.223 e. The van der Waals surface area contributed by atoms with E-state index in [1.165, 1.54) is 0 Å². The monoisotopic (exact) mass is 273 g/mol. The van der Waals surface area contributed by atoms with E-state index in [1.807, 2.05) is 18.2 Å². The summed E-state index contributed by atoms with van der Waals surface area (Å²) < 4.78 is 5.58. The first kappa shape index (κ1) is 13.2. The number of benzene rings is 1. The van der Waals surface area contributed by atoms with Crippen LogP contribution in [0.1, 0.15) is 48.0 Å². The molecule has 1 aromatic carbocycles. The van der Waals surface area contributed by atoms with E-state index >= 15 is 0 Å². The summed E-state index contributed by atoms with van der Waals surface area (Å²) in [5.41, 5.74) is 1.90. The smallest absolute Gasteiger partial charge is 0.223 e. The maximum absolute atomic E-state index is 11.8. The van der Waals surface area contributed by atoms with Gasteiger partial charge in [-0.2, -0.15) is 0 Å². The van der Waals surface area contributed by atoms with Crippen LogP contribution in [0.4, 0.5) is 0 Å². The largest absolute Gasteiger partial charge is 0.493 e. The average molecular weight is 273 g/mol.